The summed E-state index contributed by atoms with van der Waals surface area (Å²) in [6, 6.07) is 6.26. The summed E-state index contributed by atoms with van der Waals surface area (Å²) < 4.78 is 5.55. The van der Waals surface area contributed by atoms with Crippen LogP contribution >= 0.6 is 0 Å². The molecule has 1 aromatic carbocycles. The van der Waals surface area contributed by atoms with Gasteiger partial charge in [-0.1, -0.05) is 19.9 Å². The first-order chi connectivity index (χ1) is 8.99. The van der Waals surface area contributed by atoms with Crippen LogP contribution in [0, 0.1) is 5.41 Å². The Morgan fingerprint density at radius 1 is 1.11 bits per heavy atom. The predicted octanol–water partition coefficient (Wildman–Crippen LogP) is 3.80. The Hall–Kier alpha value is -1.02. The highest BCUT2D eigenvalue weighted by molar-refractivity contribution is 5.41. The van der Waals surface area contributed by atoms with Crippen LogP contribution in [0.1, 0.15) is 57.1 Å². The molecule has 0 aromatic heterocycles. The number of hydrogen-bond acceptors (Lipinski definition) is 2. The lowest BCUT2D eigenvalue weighted by Gasteiger charge is -2.29. The third kappa shape index (κ3) is 2.51. The van der Waals surface area contributed by atoms with Crippen molar-refractivity contribution in [1.29, 1.82) is 0 Å². The quantitative estimate of drug-likeness (QED) is 0.778. The number of fused-ring (bicyclic) bond motifs is 1. The third-order valence-electron chi connectivity index (χ3n) is 4.89. The van der Waals surface area contributed by atoms with Gasteiger partial charge in [0.25, 0.3) is 0 Å². The first-order valence-electron chi connectivity index (χ1n) is 7.47. The van der Waals surface area contributed by atoms with Gasteiger partial charge in [0.15, 0.2) is 0 Å². The highest BCUT2D eigenvalue weighted by Gasteiger charge is 2.35. The van der Waals surface area contributed by atoms with Crippen molar-refractivity contribution in [1.82, 2.24) is 0 Å². The molecule has 1 aliphatic carbocycles. The Morgan fingerprint density at radius 2 is 1.95 bits per heavy atom. The molecular weight excluding hydrogens is 236 g/mol. The molecule has 19 heavy (non-hydrogen) atoms. The van der Waals surface area contributed by atoms with Gasteiger partial charge in [-0.2, -0.15) is 0 Å². The zero-order valence-corrected chi connectivity index (χ0v) is 12.0. The maximum Gasteiger partial charge on any atom is 0.122 e. The molecule has 1 aromatic rings. The minimum atomic E-state index is -0.634. The fourth-order valence-electron chi connectivity index (χ4n) is 3.42. The molecule has 3 rings (SSSR count). The normalized spacial score (nSPS) is 29.4. The largest absolute Gasteiger partial charge is 0.493 e. The fourth-order valence-corrected chi connectivity index (χ4v) is 3.42. The minimum absolute atomic E-state index is 0.365. The summed E-state index contributed by atoms with van der Waals surface area (Å²) in [7, 11) is 0. The maximum absolute atomic E-state index is 11.0. The number of rotatable bonds is 1. The van der Waals surface area contributed by atoms with E-state index >= 15 is 0 Å². The number of hydrogen-bond donors (Lipinski definition) is 1. The van der Waals surface area contributed by atoms with Gasteiger partial charge in [-0.05, 0) is 60.8 Å². The van der Waals surface area contributed by atoms with Gasteiger partial charge < -0.3 is 9.84 Å². The van der Waals surface area contributed by atoms with Gasteiger partial charge in [-0.15, -0.1) is 0 Å². The highest BCUT2D eigenvalue weighted by atomic mass is 16.5. The molecule has 1 fully saturated rings. The van der Waals surface area contributed by atoms with Crippen molar-refractivity contribution in [3.8, 4) is 5.75 Å². The van der Waals surface area contributed by atoms with Gasteiger partial charge in [0.05, 0.1) is 12.2 Å². The topological polar surface area (TPSA) is 29.5 Å². The average molecular weight is 260 g/mol. The molecule has 1 atom stereocenters. The first kappa shape index (κ1) is 13.0. The van der Waals surface area contributed by atoms with Crippen molar-refractivity contribution in [2.24, 2.45) is 5.41 Å². The van der Waals surface area contributed by atoms with E-state index in [2.05, 4.69) is 26.0 Å². The van der Waals surface area contributed by atoms with E-state index in [1.165, 1.54) is 12.0 Å². The number of benzene rings is 1. The molecule has 0 radical (unpaired) electrons. The van der Waals surface area contributed by atoms with E-state index in [1.54, 1.807) is 0 Å². The zero-order valence-electron chi connectivity index (χ0n) is 12.0. The second-order valence-corrected chi connectivity index (χ2v) is 6.97. The Morgan fingerprint density at radius 3 is 2.79 bits per heavy atom. The summed E-state index contributed by atoms with van der Waals surface area (Å²) in [5.41, 5.74) is 2.08. The molecule has 2 nitrogen and oxygen atoms in total. The van der Waals surface area contributed by atoms with Crippen molar-refractivity contribution < 1.29 is 9.84 Å². The molecule has 104 valence electrons. The maximum atomic E-state index is 11.0. The predicted molar refractivity (Wildman–Crippen MR) is 76.4 cm³/mol. The Bertz CT molecular complexity index is 478. The Balaban J connectivity index is 1.87. The smallest absolute Gasteiger partial charge is 0.122 e. The van der Waals surface area contributed by atoms with Gasteiger partial charge >= 0.3 is 0 Å². The van der Waals surface area contributed by atoms with E-state index < -0.39 is 5.60 Å². The van der Waals surface area contributed by atoms with Crippen molar-refractivity contribution in [3.05, 3.63) is 29.3 Å². The first-order valence-corrected chi connectivity index (χ1v) is 7.47. The van der Waals surface area contributed by atoms with Gasteiger partial charge in [-0.3, -0.25) is 0 Å². The molecule has 0 amide bonds. The molecule has 1 heterocycles. The van der Waals surface area contributed by atoms with Crippen LogP contribution in [-0.2, 0) is 12.0 Å². The summed E-state index contributed by atoms with van der Waals surface area (Å²) in [5.74, 6) is 1.00. The average Bonchev–Trinajstić information content (AvgIpc) is 2.78. The number of aliphatic hydroxyl groups is 1. The minimum Gasteiger partial charge on any atom is -0.493 e. The van der Waals surface area contributed by atoms with E-state index in [0.29, 0.717) is 5.41 Å². The second-order valence-electron chi connectivity index (χ2n) is 6.97. The Kier molecular flexibility index (Phi) is 3.09. The number of ether oxygens (including phenoxy) is 1. The van der Waals surface area contributed by atoms with Crippen molar-refractivity contribution in [2.45, 2.75) is 58.0 Å². The van der Waals surface area contributed by atoms with E-state index in [0.717, 1.165) is 50.0 Å². The van der Waals surface area contributed by atoms with Crippen LogP contribution in [0.2, 0.25) is 0 Å². The van der Waals surface area contributed by atoms with Crippen LogP contribution in [-0.4, -0.2) is 11.7 Å². The summed E-state index contributed by atoms with van der Waals surface area (Å²) in [6.07, 6.45) is 6.15. The van der Waals surface area contributed by atoms with Crippen LogP contribution in [0.4, 0.5) is 0 Å². The van der Waals surface area contributed by atoms with E-state index in [1.807, 2.05) is 6.07 Å². The molecule has 0 spiro atoms. The SMILES string of the molecule is CC1(C)CCCC(O)(c2ccc3c(c2)CCO3)CC1. The molecule has 1 aliphatic heterocycles. The van der Waals surface area contributed by atoms with Gasteiger partial charge in [0.1, 0.15) is 5.75 Å². The summed E-state index contributed by atoms with van der Waals surface area (Å²) in [6.45, 7) is 5.41. The lowest BCUT2D eigenvalue weighted by Crippen LogP contribution is -2.25. The highest BCUT2D eigenvalue weighted by Crippen LogP contribution is 2.43. The van der Waals surface area contributed by atoms with Crippen LogP contribution in [0.25, 0.3) is 0 Å². The lowest BCUT2D eigenvalue weighted by atomic mass is 9.82. The Labute approximate surface area is 115 Å². The zero-order chi connectivity index (χ0) is 13.5. The monoisotopic (exact) mass is 260 g/mol. The summed E-state index contributed by atoms with van der Waals surface area (Å²) >= 11 is 0. The molecular formula is C17H24O2. The van der Waals surface area contributed by atoms with Gasteiger partial charge in [0, 0.05) is 6.42 Å². The molecule has 0 saturated heterocycles. The van der Waals surface area contributed by atoms with Gasteiger partial charge in [0.2, 0.25) is 0 Å². The lowest BCUT2D eigenvalue weighted by molar-refractivity contribution is 0.0180. The van der Waals surface area contributed by atoms with Crippen molar-refractivity contribution >= 4 is 0 Å². The van der Waals surface area contributed by atoms with E-state index in [-0.39, 0.29) is 0 Å². The fraction of sp³-hybridized carbons (Fsp3) is 0.647. The van der Waals surface area contributed by atoms with Crippen molar-refractivity contribution in [3.63, 3.8) is 0 Å². The van der Waals surface area contributed by atoms with Gasteiger partial charge in [-0.25, -0.2) is 0 Å². The molecule has 2 aliphatic rings. The summed E-state index contributed by atoms with van der Waals surface area (Å²) in [4.78, 5) is 0. The standard InChI is InChI=1S/C17H24O2/c1-16(2)7-3-8-17(18,10-9-16)14-4-5-15-13(12-14)6-11-19-15/h4-5,12,18H,3,6-11H2,1-2H3. The summed E-state index contributed by atoms with van der Waals surface area (Å²) in [5, 5.41) is 11.0. The molecule has 0 bridgehead atoms. The molecule has 1 N–H and O–H groups in total. The van der Waals surface area contributed by atoms with E-state index in [4.69, 9.17) is 4.74 Å². The van der Waals surface area contributed by atoms with Crippen LogP contribution in [0.15, 0.2) is 18.2 Å². The molecule has 1 unspecified atom stereocenters. The van der Waals surface area contributed by atoms with Crippen molar-refractivity contribution in [2.75, 3.05) is 6.61 Å². The third-order valence-corrected chi connectivity index (χ3v) is 4.89. The van der Waals surface area contributed by atoms with Crippen LogP contribution in [0.3, 0.4) is 0 Å². The molecule has 2 heteroatoms. The van der Waals surface area contributed by atoms with Crippen LogP contribution in [0.5, 0.6) is 5.75 Å². The van der Waals surface area contributed by atoms with E-state index in [9.17, 15) is 5.11 Å². The second kappa shape index (κ2) is 4.52. The molecule has 1 saturated carbocycles. The van der Waals surface area contributed by atoms with Crippen LogP contribution < -0.4 is 4.74 Å².